The first-order valence-corrected chi connectivity index (χ1v) is 13.0. The third-order valence-electron chi connectivity index (χ3n) is 5.76. The highest BCUT2D eigenvalue weighted by Gasteiger charge is 2.25. The van der Waals surface area contributed by atoms with Crippen LogP contribution in [-0.4, -0.2) is 60.5 Å². The number of aromatic nitrogens is 2. The van der Waals surface area contributed by atoms with Gasteiger partial charge in [-0.2, -0.15) is 0 Å². The molecule has 2 amide bonds. The maximum Gasteiger partial charge on any atom is 0.253 e. The number of amides is 2. The number of carbonyl (C=O) groups is 2. The van der Waals surface area contributed by atoms with Crippen molar-refractivity contribution in [2.75, 3.05) is 30.0 Å². The summed E-state index contributed by atoms with van der Waals surface area (Å²) in [6.07, 6.45) is 4.90. The van der Waals surface area contributed by atoms with E-state index in [0.717, 1.165) is 24.5 Å². The lowest BCUT2D eigenvalue weighted by molar-refractivity contribution is -0.115. The van der Waals surface area contributed by atoms with Gasteiger partial charge in [0.05, 0.1) is 10.4 Å². The number of hydrogen-bond acceptors (Lipinski definition) is 7. The van der Waals surface area contributed by atoms with Crippen LogP contribution in [0, 0.1) is 0 Å². The first-order valence-electron chi connectivity index (χ1n) is 11.2. The maximum atomic E-state index is 13.0. The van der Waals surface area contributed by atoms with Gasteiger partial charge >= 0.3 is 0 Å². The lowest BCUT2D eigenvalue weighted by Gasteiger charge is -2.33. The molecule has 1 fully saturated rings. The van der Waals surface area contributed by atoms with Crippen molar-refractivity contribution < 1.29 is 18.0 Å². The molecule has 1 aliphatic heterocycles. The summed E-state index contributed by atoms with van der Waals surface area (Å²) >= 11 is 0. The van der Waals surface area contributed by atoms with Gasteiger partial charge in [0.25, 0.3) is 5.91 Å². The number of sulfone groups is 1. The van der Waals surface area contributed by atoms with Crippen LogP contribution in [0.2, 0.25) is 0 Å². The number of anilines is 2. The Hall–Kier alpha value is -3.53. The molecule has 178 valence electrons. The van der Waals surface area contributed by atoms with Crippen molar-refractivity contribution in [2.24, 2.45) is 0 Å². The van der Waals surface area contributed by atoms with Crippen molar-refractivity contribution in [3.8, 4) is 0 Å². The molecule has 34 heavy (non-hydrogen) atoms. The Morgan fingerprint density at radius 2 is 1.91 bits per heavy atom. The summed E-state index contributed by atoms with van der Waals surface area (Å²) in [6, 6.07) is 11.6. The maximum absolute atomic E-state index is 13.0. The molecule has 0 saturated carbocycles. The van der Waals surface area contributed by atoms with Crippen LogP contribution in [0.5, 0.6) is 0 Å². The molecule has 1 saturated heterocycles. The number of piperidine rings is 1. The first-order chi connectivity index (χ1) is 16.2. The van der Waals surface area contributed by atoms with E-state index in [1.165, 1.54) is 0 Å². The average molecular weight is 482 g/mol. The second-order valence-corrected chi connectivity index (χ2v) is 10.4. The van der Waals surface area contributed by atoms with E-state index in [9.17, 15) is 18.0 Å². The first kappa shape index (κ1) is 23.6. The quantitative estimate of drug-likeness (QED) is 0.555. The molecule has 1 aliphatic rings. The van der Waals surface area contributed by atoms with Crippen molar-refractivity contribution in [1.29, 1.82) is 0 Å². The van der Waals surface area contributed by atoms with Gasteiger partial charge in [0, 0.05) is 54.6 Å². The van der Waals surface area contributed by atoms with Crippen molar-refractivity contribution in [3.63, 3.8) is 0 Å². The normalized spacial score (nSPS) is 16.3. The van der Waals surface area contributed by atoms with Crippen molar-refractivity contribution in [1.82, 2.24) is 14.9 Å². The molecule has 2 N–H and O–H groups in total. The number of nitrogens with one attached hydrogen (secondary N) is 2. The minimum Gasteiger partial charge on any atom is -0.350 e. The molecule has 1 unspecified atom stereocenters. The lowest BCUT2D eigenvalue weighted by Crippen LogP contribution is -2.45. The van der Waals surface area contributed by atoms with Crippen molar-refractivity contribution in [3.05, 3.63) is 54.2 Å². The Morgan fingerprint density at radius 3 is 2.62 bits per heavy atom. The van der Waals surface area contributed by atoms with Crippen LogP contribution in [0.1, 0.15) is 36.5 Å². The summed E-state index contributed by atoms with van der Waals surface area (Å²) in [6.45, 7) is 2.93. The molecule has 10 heteroatoms. The van der Waals surface area contributed by atoms with Gasteiger partial charge in [-0.05, 0) is 55.3 Å². The van der Waals surface area contributed by atoms with Gasteiger partial charge < -0.3 is 15.5 Å². The number of carbonyl (C=O) groups excluding carboxylic acids is 2. The summed E-state index contributed by atoms with van der Waals surface area (Å²) in [5.41, 5.74) is 1.76. The van der Waals surface area contributed by atoms with Gasteiger partial charge in [0.15, 0.2) is 9.84 Å². The van der Waals surface area contributed by atoms with Gasteiger partial charge in [-0.1, -0.05) is 6.92 Å². The predicted molar refractivity (Wildman–Crippen MR) is 131 cm³/mol. The molecule has 9 nitrogen and oxygen atoms in total. The molecule has 2 aromatic carbocycles. The third kappa shape index (κ3) is 5.51. The smallest absolute Gasteiger partial charge is 0.253 e. The Labute approximate surface area is 198 Å². The van der Waals surface area contributed by atoms with E-state index in [4.69, 9.17) is 0 Å². The van der Waals surface area contributed by atoms with E-state index in [1.54, 1.807) is 60.5 Å². The zero-order chi connectivity index (χ0) is 24.3. The van der Waals surface area contributed by atoms with Crippen molar-refractivity contribution >= 4 is 44.2 Å². The number of nitrogens with zero attached hydrogens (tertiary/aromatic N) is 3. The molecule has 0 spiro atoms. The molecule has 0 bridgehead atoms. The van der Waals surface area contributed by atoms with E-state index >= 15 is 0 Å². The van der Waals surface area contributed by atoms with Gasteiger partial charge in [-0.25, -0.2) is 18.4 Å². The van der Waals surface area contributed by atoms with E-state index < -0.39 is 9.84 Å². The number of likely N-dealkylation sites (tertiary alicyclic amines) is 1. The van der Waals surface area contributed by atoms with E-state index in [0.29, 0.717) is 42.2 Å². The highest BCUT2D eigenvalue weighted by molar-refractivity contribution is 7.90. The molecule has 4 rings (SSSR count). The van der Waals surface area contributed by atoms with Crippen LogP contribution in [0.15, 0.2) is 53.6 Å². The fourth-order valence-electron chi connectivity index (χ4n) is 3.89. The van der Waals surface area contributed by atoms with Gasteiger partial charge in [0.2, 0.25) is 11.9 Å². The highest BCUT2D eigenvalue weighted by Crippen LogP contribution is 2.21. The summed E-state index contributed by atoms with van der Waals surface area (Å²) in [5.74, 6) is 0.248. The molecule has 2 heterocycles. The fourth-order valence-corrected chi connectivity index (χ4v) is 4.53. The number of rotatable bonds is 6. The second-order valence-electron chi connectivity index (χ2n) is 8.40. The molecular formula is C24H27N5O4S. The molecule has 1 aromatic heterocycles. The zero-order valence-electron chi connectivity index (χ0n) is 19.1. The van der Waals surface area contributed by atoms with Crippen LogP contribution >= 0.6 is 0 Å². The fraction of sp³-hybridized carbons (Fsp3) is 0.333. The minimum atomic E-state index is -3.33. The van der Waals surface area contributed by atoms with Crippen LogP contribution in [0.25, 0.3) is 10.9 Å². The van der Waals surface area contributed by atoms with Gasteiger partial charge in [-0.15, -0.1) is 0 Å². The average Bonchev–Trinajstić information content (AvgIpc) is 2.83. The lowest BCUT2D eigenvalue weighted by atomic mass is 10.0. The van der Waals surface area contributed by atoms with E-state index in [2.05, 4.69) is 20.6 Å². The third-order valence-corrected chi connectivity index (χ3v) is 6.87. The summed E-state index contributed by atoms with van der Waals surface area (Å²) < 4.78 is 23.7. The number of hydrogen-bond donors (Lipinski definition) is 2. The van der Waals surface area contributed by atoms with E-state index in [1.807, 2.05) is 0 Å². The largest absolute Gasteiger partial charge is 0.350 e. The second kappa shape index (κ2) is 9.76. The summed E-state index contributed by atoms with van der Waals surface area (Å²) in [7, 11) is -3.33. The summed E-state index contributed by atoms with van der Waals surface area (Å²) in [5, 5.41) is 6.81. The van der Waals surface area contributed by atoms with E-state index in [-0.39, 0.29) is 22.8 Å². The Kier molecular flexibility index (Phi) is 6.78. The monoisotopic (exact) mass is 481 g/mol. The van der Waals surface area contributed by atoms with Crippen LogP contribution in [0.3, 0.4) is 0 Å². The summed E-state index contributed by atoms with van der Waals surface area (Å²) in [4.78, 5) is 35.4. The van der Waals surface area contributed by atoms with Gasteiger partial charge in [0.1, 0.15) is 0 Å². The Balaban J connectivity index is 1.44. The highest BCUT2D eigenvalue weighted by atomic mass is 32.2. The molecule has 0 aliphatic carbocycles. The van der Waals surface area contributed by atoms with Gasteiger partial charge in [-0.3, -0.25) is 9.59 Å². The van der Waals surface area contributed by atoms with Crippen LogP contribution < -0.4 is 10.6 Å². The molecule has 1 atom stereocenters. The minimum absolute atomic E-state index is 0.0312. The molecule has 3 aromatic rings. The van der Waals surface area contributed by atoms with Crippen LogP contribution in [0.4, 0.5) is 11.6 Å². The Morgan fingerprint density at radius 1 is 1.15 bits per heavy atom. The molecular weight excluding hydrogens is 454 g/mol. The number of benzene rings is 2. The van der Waals surface area contributed by atoms with Crippen LogP contribution in [-0.2, 0) is 14.6 Å². The topological polar surface area (TPSA) is 121 Å². The SMILES string of the molecule is CCC(=O)Nc1ccc(C(=O)N2CCCC(Nc3ncc4ccc(S(C)(=O)=O)cc4n3)C2)cc1. The number of fused-ring (bicyclic) bond motifs is 1. The zero-order valence-corrected chi connectivity index (χ0v) is 19.9. The predicted octanol–water partition coefficient (Wildman–Crippen LogP) is 3.10. The standard InChI is InChI=1S/C24H27N5O4S/c1-3-22(30)26-18-9-6-16(7-10-18)23(31)29-12-4-5-19(15-29)27-24-25-14-17-8-11-20(34(2,32)33)13-21(17)28-24/h6-11,13-14,19H,3-5,12,15H2,1-2H3,(H,26,30)(H,25,27,28). The molecule has 0 radical (unpaired) electrons. The Bertz CT molecular complexity index is 1320. The van der Waals surface area contributed by atoms with Crippen molar-refractivity contribution in [2.45, 2.75) is 37.1 Å².